The maximum absolute atomic E-state index is 11.1. The lowest BCUT2D eigenvalue weighted by Gasteiger charge is -2.28. The Kier molecular flexibility index (Phi) is 4.95. The summed E-state index contributed by atoms with van der Waals surface area (Å²) in [6, 6.07) is 0. The Labute approximate surface area is 78.5 Å². The summed E-state index contributed by atoms with van der Waals surface area (Å²) in [5.74, 6) is -0.756. The van der Waals surface area contributed by atoms with E-state index in [1.165, 1.54) is 0 Å². The molecule has 13 heavy (non-hydrogen) atoms. The summed E-state index contributed by atoms with van der Waals surface area (Å²) in [4.78, 5) is 11.1. The van der Waals surface area contributed by atoms with E-state index in [-0.39, 0.29) is 6.61 Å². The fraction of sp³-hybridized carbons (Fsp3) is 0.889. The van der Waals surface area contributed by atoms with Crippen LogP contribution >= 0.6 is 0 Å². The van der Waals surface area contributed by atoms with Crippen molar-refractivity contribution in [1.82, 2.24) is 0 Å². The largest absolute Gasteiger partial charge is 0.464 e. The molecule has 4 heteroatoms. The predicted octanol–water partition coefficient (Wildman–Crippen LogP) is 0.461. The van der Waals surface area contributed by atoms with Crippen LogP contribution in [0, 0.1) is 0 Å². The minimum Gasteiger partial charge on any atom is -0.464 e. The van der Waals surface area contributed by atoms with Crippen LogP contribution in [-0.4, -0.2) is 34.5 Å². The first-order valence-electron chi connectivity index (χ1n) is 4.58. The third-order valence-electron chi connectivity index (χ3n) is 2.24. The summed E-state index contributed by atoms with van der Waals surface area (Å²) >= 11 is 0. The van der Waals surface area contributed by atoms with Crippen LogP contribution in [-0.2, 0) is 9.53 Å². The van der Waals surface area contributed by atoms with Gasteiger partial charge in [-0.25, -0.2) is 4.79 Å². The van der Waals surface area contributed by atoms with E-state index in [4.69, 9.17) is 0 Å². The number of ether oxygens (including phenoxy) is 1. The lowest BCUT2D eigenvalue weighted by atomic mass is 9.91. The molecule has 78 valence electrons. The number of hydrogen-bond donors (Lipinski definition) is 2. The van der Waals surface area contributed by atoms with Gasteiger partial charge in [0.05, 0.1) is 6.61 Å². The average Bonchev–Trinajstić information content (AvgIpc) is 2.16. The van der Waals surface area contributed by atoms with Gasteiger partial charge in [-0.2, -0.15) is 0 Å². The van der Waals surface area contributed by atoms with E-state index in [1.807, 2.05) is 0 Å². The zero-order chi connectivity index (χ0) is 10.5. The van der Waals surface area contributed by atoms with E-state index in [1.54, 1.807) is 20.8 Å². The molecule has 1 unspecified atom stereocenters. The number of carbonyl (C=O) groups is 1. The second-order valence-electron chi connectivity index (χ2n) is 2.97. The third-order valence-corrected chi connectivity index (χ3v) is 2.24. The van der Waals surface area contributed by atoms with Crippen LogP contribution in [0.5, 0.6) is 0 Å². The van der Waals surface area contributed by atoms with Crippen LogP contribution in [0.4, 0.5) is 0 Å². The highest BCUT2D eigenvalue weighted by Gasteiger charge is 2.38. The fourth-order valence-corrected chi connectivity index (χ4v) is 1.08. The van der Waals surface area contributed by atoms with Crippen LogP contribution in [0.2, 0.25) is 0 Å². The number of esters is 1. The van der Waals surface area contributed by atoms with E-state index >= 15 is 0 Å². The monoisotopic (exact) mass is 190 g/mol. The smallest absolute Gasteiger partial charge is 0.337 e. The molecular formula is C9H18O4. The second-order valence-corrected chi connectivity index (χ2v) is 2.97. The van der Waals surface area contributed by atoms with E-state index in [0.29, 0.717) is 12.8 Å². The molecule has 0 aromatic carbocycles. The highest BCUT2D eigenvalue weighted by Crippen LogP contribution is 2.20. The molecule has 0 spiro atoms. The van der Waals surface area contributed by atoms with Gasteiger partial charge in [-0.3, -0.25) is 0 Å². The number of aliphatic hydroxyl groups excluding tert-OH is 1. The Balaban J connectivity index is 4.36. The fourth-order valence-electron chi connectivity index (χ4n) is 1.08. The molecular weight excluding hydrogens is 172 g/mol. The lowest BCUT2D eigenvalue weighted by molar-refractivity contribution is -0.170. The first-order valence-corrected chi connectivity index (χ1v) is 4.58. The molecule has 0 aromatic heterocycles. The zero-order valence-corrected chi connectivity index (χ0v) is 8.41. The first-order chi connectivity index (χ1) is 6.01. The molecule has 0 rings (SSSR count). The molecule has 0 saturated heterocycles. The van der Waals surface area contributed by atoms with Gasteiger partial charge < -0.3 is 14.9 Å². The Hall–Kier alpha value is -0.610. The molecule has 0 fully saturated rings. The van der Waals surface area contributed by atoms with E-state index in [0.717, 1.165) is 0 Å². The first kappa shape index (κ1) is 12.4. The molecule has 0 aliphatic carbocycles. The Morgan fingerprint density at radius 1 is 1.38 bits per heavy atom. The van der Waals surface area contributed by atoms with Gasteiger partial charge in [0.2, 0.25) is 0 Å². The van der Waals surface area contributed by atoms with Crippen molar-refractivity contribution in [2.45, 2.75) is 45.3 Å². The maximum Gasteiger partial charge on any atom is 0.337 e. The lowest BCUT2D eigenvalue weighted by Crippen LogP contribution is -2.47. The number of hydrogen-bond acceptors (Lipinski definition) is 4. The summed E-state index contributed by atoms with van der Waals surface area (Å²) in [7, 11) is 0. The topological polar surface area (TPSA) is 66.8 Å². The number of aliphatic hydroxyl groups is 2. The molecule has 0 amide bonds. The summed E-state index contributed by atoms with van der Waals surface area (Å²) in [5.41, 5.74) is -1.35. The van der Waals surface area contributed by atoms with Gasteiger partial charge in [0.15, 0.2) is 6.10 Å². The van der Waals surface area contributed by atoms with Gasteiger partial charge in [-0.05, 0) is 19.8 Å². The van der Waals surface area contributed by atoms with Crippen molar-refractivity contribution in [2.75, 3.05) is 6.61 Å². The highest BCUT2D eigenvalue weighted by molar-refractivity contribution is 5.75. The van der Waals surface area contributed by atoms with Crippen molar-refractivity contribution in [2.24, 2.45) is 0 Å². The third kappa shape index (κ3) is 2.97. The van der Waals surface area contributed by atoms with Crippen LogP contribution in [0.15, 0.2) is 0 Å². The Bertz CT molecular complexity index is 163. The average molecular weight is 190 g/mol. The highest BCUT2D eigenvalue weighted by atomic mass is 16.5. The van der Waals surface area contributed by atoms with Gasteiger partial charge in [0.25, 0.3) is 0 Å². The molecule has 0 radical (unpaired) electrons. The molecule has 0 aromatic rings. The Morgan fingerprint density at radius 2 is 1.85 bits per heavy atom. The molecule has 0 aliphatic rings. The van der Waals surface area contributed by atoms with Gasteiger partial charge >= 0.3 is 5.97 Å². The van der Waals surface area contributed by atoms with Crippen LogP contribution < -0.4 is 0 Å². The quantitative estimate of drug-likeness (QED) is 0.618. The molecule has 0 heterocycles. The summed E-state index contributed by atoms with van der Waals surface area (Å²) < 4.78 is 4.60. The second kappa shape index (κ2) is 5.19. The number of rotatable bonds is 5. The summed E-state index contributed by atoms with van der Waals surface area (Å²) in [6.45, 7) is 5.29. The van der Waals surface area contributed by atoms with Crippen molar-refractivity contribution in [3.8, 4) is 0 Å². The minimum atomic E-state index is -1.44. The molecule has 0 saturated carbocycles. The maximum atomic E-state index is 11.1. The molecule has 0 bridgehead atoms. The molecule has 2 N–H and O–H groups in total. The van der Waals surface area contributed by atoms with E-state index in [2.05, 4.69) is 4.74 Å². The SMILES string of the molecule is CCOC(=O)C(O)C(O)(CC)CC. The molecule has 1 atom stereocenters. The Morgan fingerprint density at radius 3 is 2.15 bits per heavy atom. The molecule has 0 aliphatic heterocycles. The minimum absolute atomic E-state index is 0.208. The molecule has 4 nitrogen and oxygen atoms in total. The standard InChI is InChI=1S/C9H18O4/c1-4-9(12,5-2)7(10)8(11)13-6-3/h7,10,12H,4-6H2,1-3H3. The van der Waals surface area contributed by atoms with Crippen LogP contribution in [0.3, 0.4) is 0 Å². The van der Waals surface area contributed by atoms with Gasteiger partial charge in [-0.15, -0.1) is 0 Å². The van der Waals surface area contributed by atoms with Crippen molar-refractivity contribution in [3.05, 3.63) is 0 Å². The van der Waals surface area contributed by atoms with Crippen molar-refractivity contribution in [3.63, 3.8) is 0 Å². The van der Waals surface area contributed by atoms with Gasteiger partial charge in [-0.1, -0.05) is 13.8 Å². The van der Waals surface area contributed by atoms with E-state index < -0.39 is 17.7 Å². The van der Waals surface area contributed by atoms with Crippen molar-refractivity contribution >= 4 is 5.97 Å². The predicted molar refractivity (Wildman–Crippen MR) is 48.2 cm³/mol. The van der Waals surface area contributed by atoms with Crippen LogP contribution in [0.1, 0.15) is 33.6 Å². The van der Waals surface area contributed by atoms with Crippen molar-refractivity contribution in [1.29, 1.82) is 0 Å². The summed E-state index contributed by atoms with van der Waals surface area (Å²) in [6.07, 6.45) is -0.796. The van der Waals surface area contributed by atoms with Crippen molar-refractivity contribution < 1.29 is 19.7 Å². The van der Waals surface area contributed by atoms with Crippen LogP contribution in [0.25, 0.3) is 0 Å². The van der Waals surface area contributed by atoms with E-state index in [9.17, 15) is 15.0 Å². The van der Waals surface area contributed by atoms with Gasteiger partial charge in [0, 0.05) is 0 Å². The normalized spacial score (nSPS) is 13.9. The zero-order valence-electron chi connectivity index (χ0n) is 8.41. The van der Waals surface area contributed by atoms with Gasteiger partial charge in [0.1, 0.15) is 5.60 Å². The number of carbonyl (C=O) groups excluding carboxylic acids is 1. The summed E-state index contributed by atoms with van der Waals surface area (Å²) in [5, 5.41) is 19.2.